The molecule has 1 saturated heterocycles. The zero-order valence-corrected chi connectivity index (χ0v) is 18.9. The van der Waals surface area contributed by atoms with Crippen molar-refractivity contribution in [3.8, 4) is 0 Å². The molecule has 164 valence electrons. The van der Waals surface area contributed by atoms with Crippen molar-refractivity contribution < 1.29 is 8.42 Å². The number of aromatic nitrogens is 2. The predicted octanol–water partition coefficient (Wildman–Crippen LogP) is 2.26. The number of hydrogen-bond acceptors (Lipinski definition) is 5. The Morgan fingerprint density at radius 1 is 0.839 bits per heavy atom. The summed E-state index contributed by atoms with van der Waals surface area (Å²) in [6, 6.07) is 8.45. The summed E-state index contributed by atoms with van der Waals surface area (Å²) in [5.74, 6) is 0. The molecular formula is C22H26N4O4S. The van der Waals surface area contributed by atoms with Crippen molar-refractivity contribution in [3.63, 3.8) is 0 Å². The third kappa shape index (κ3) is 3.63. The zero-order valence-electron chi connectivity index (χ0n) is 18.1. The van der Waals surface area contributed by atoms with Crippen LogP contribution in [0.4, 0.5) is 11.4 Å². The highest BCUT2D eigenvalue weighted by atomic mass is 32.2. The third-order valence-electron chi connectivity index (χ3n) is 6.09. The summed E-state index contributed by atoms with van der Waals surface area (Å²) >= 11 is 0. The van der Waals surface area contributed by atoms with Gasteiger partial charge in [-0.05, 0) is 62.1 Å². The van der Waals surface area contributed by atoms with Crippen molar-refractivity contribution in [3.05, 3.63) is 62.2 Å². The number of fused-ring (bicyclic) bond motifs is 1. The van der Waals surface area contributed by atoms with E-state index in [9.17, 15) is 18.0 Å². The van der Waals surface area contributed by atoms with E-state index in [0.29, 0.717) is 22.4 Å². The molecule has 1 aromatic heterocycles. The van der Waals surface area contributed by atoms with Gasteiger partial charge in [0.15, 0.2) is 0 Å². The molecule has 1 aliphatic rings. The summed E-state index contributed by atoms with van der Waals surface area (Å²) < 4.78 is 31.7. The first-order valence-corrected chi connectivity index (χ1v) is 11.7. The molecule has 0 aliphatic carbocycles. The van der Waals surface area contributed by atoms with Crippen LogP contribution in [0.15, 0.2) is 44.8 Å². The van der Waals surface area contributed by atoms with Crippen LogP contribution in [0.5, 0.6) is 0 Å². The Balaban J connectivity index is 1.93. The van der Waals surface area contributed by atoms with Crippen molar-refractivity contribution >= 4 is 32.4 Å². The molecule has 0 amide bonds. The van der Waals surface area contributed by atoms with E-state index in [-0.39, 0.29) is 4.90 Å². The van der Waals surface area contributed by atoms with Crippen molar-refractivity contribution in [2.45, 2.75) is 31.6 Å². The van der Waals surface area contributed by atoms with E-state index in [0.717, 1.165) is 37.1 Å². The van der Waals surface area contributed by atoms with E-state index in [1.54, 1.807) is 37.4 Å². The number of sulfonamides is 1. The molecule has 0 bridgehead atoms. The summed E-state index contributed by atoms with van der Waals surface area (Å²) in [4.78, 5) is 26.9. The Bertz CT molecular complexity index is 1410. The first-order valence-electron chi connectivity index (χ1n) is 10.2. The lowest BCUT2D eigenvalue weighted by Gasteiger charge is -2.24. The minimum absolute atomic E-state index is 0.178. The number of benzene rings is 2. The van der Waals surface area contributed by atoms with Crippen molar-refractivity contribution in [1.82, 2.24) is 9.13 Å². The first kappa shape index (κ1) is 21.2. The van der Waals surface area contributed by atoms with Gasteiger partial charge in [0.2, 0.25) is 0 Å². The number of hydrogen-bond donors (Lipinski definition) is 1. The van der Waals surface area contributed by atoms with Crippen LogP contribution >= 0.6 is 0 Å². The van der Waals surface area contributed by atoms with E-state index in [4.69, 9.17) is 0 Å². The fourth-order valence-electron chi connectivity index (χ4n) is 3.99. The molecule has 4 rings (SSSR count). The van der Waals surface area contributed by atoms with Gasteiger partial charge in [0.25, 0.3) is 10.0 Å². The van der Waals surface area contributed by atoms with Crippen LogP contribution < -0.4 is 20.7 Å². The molecule has 3 aromatic rings. The van der Waals surface area contributed by atoms with Gasteiger partial charge in [-0.25, -0.2) is 8.42 Å². The summed E-state index contributed by atoms with van der Waals surface area (Å²) in [6.45, 7) is 5.39. The van der Waals surface area contributed by atoms with Crippen LogP contribution in [-0.4, -0.2) is 30.6 Å². The maximum atomic E-state index is 13.2. The Morgan fingerprint density at radius 3 is 2.00 bits per heavy atom. The van der Waals surface area contributed by atoms with Gasteiger partial charge in [-0.3, -0.25) is 14.3 Å². The minimum Gasteiger partial charge on any atom is -0.370 e. The van der Waals surface area contributed by atoms with Crippen LogP contribution in [0, 0.1) is 13.8 Å². The molecule has 1 fully saturated rings. The lowest BCUT2D eigenvalue weighted by Crippen LogP contribution is -2.39. The summed E-state index contributed by atoms with van der Waals surface area (Å²) in [5.41, 5.74) is 2.76. The van der Waals surface area contributed by atoms with E-state index in [2.05, 4.69) is 9.62 Å². The molecule has 31 heavy (non-hydrogen) atoms. The van der Waals surface area contributed by atoms with E-state index < -0.39 is 21.1 Å². The Morgan fingerprint density at radius 2 is 1.42 bits per heavy atom. The number of anilines is 2. The van der Waals surface area contributed by atoms with E-state index in [1.165, 1.54) is 16.2 Å². The Hall–Kier alpha value is -3.07. The van der Waals surface area contributed by atoms with Crippen molar-refractivity contribution in [2.75, 3.05) is 22.7 Å². The molecule has 1 aliphatic heterocycles. The predicted molar refractivity (Wildman–Crippen MR) is 123 cm³/mol. The molecule has 0 spiro atoms. The lowest BCUT2D eigenvalue weighted by molar-refractivity contribution is 0.601. The van der Waals surface area contributed by atoms with Gasteiger partial charge < -0.3 is 14.0 Å². The van der Waals surface area contributed by atoms with Gasteiger partial charge in [0.05, 0.1) is 27.3 Å². The zero-order chi connectivity index (χ0) is 22.5. The highest BCUT2D eigenvalue weighted by Gasteiger charge is 2.23. The maximum Gasteiger partial charge on any atom is 0.316 e. The van der Waals surface area contributed by atoms with Gasteiger partial charge >= 0.3 is 11.1 Å². The summed E-state index contributed by atoms with van der Waals surface area (Å²) in [6.07, 6.45) is 2.02. The molecular weight excluding hydrogens is 416 g/mol. The molecule has 1 N–H and O–H groups in total. The number of nitrogens with one attached hydrogen (secondary N) is 1. The third-order valence-corrected chi connectivity index (χ3v) is 7.45. The minimum atomic E-state index is -3.85. The topological polar surface area (TPSA) is 93.4 Å². The second kappa shape index (κ2) is 7.56. The summed E-state index contributed by atoms with van der Waals surface area (Å²) in [7, 11) is -0.776. The van der Waals surface area contributed by atoms with Gasteiger partial charge in [0, 0.05) is 27.2 Å². The fraction of sp³-hybridized carbons (Fsp3) is 0.364. The number of rotatable bonds is 4. The number of aryl methyl sites for hydroxylation is 4. The highest BCUT2D eigenvalue weighted by Crippen LogP contribution is 2.34. The fourth-order valence-corrected chi connectivity index (χ4v) is 5.14. The van der Waals surface area contributed by atoms with E-state index >= 15 is 0 Å². The molecule has 2 heterocycles. The Labute approximate surface area is 180 Å². The van der Waals surface area contributed by atoms with Crippen LogP contribution in [-0.2, 0) is 24.1 Å². The van der Waals surface area contributed by atoms with Gasteiger partial charge in [-0.1, -0.05) is 6.07 Å². The van der Waals surface area contributed by atoms with Crippen LogP contribution in [0.25, 0.3) is 11.0 Å². The quantitative estimate of drug-likeness (QED) is 0.626. The van der Waals surface area contributed by atoms with Crippen LogP contribution in [0.1, 0.15) is 24.0 Å². The smallest absolute Gasteiger partial charge is 0.316 e. The van der Waals surface area contributed by atoms with Gasteiger partial charge in [0.1, 0.15) is 0 Å². The molecule has 0 radical (unpaired) electrons. The largest absolute Gasteiger partial charge is 0.370 e. The number of nitrogens with zero attached hydrogens (tertiary/aromatic N) is 3. The van der Waals surface area contributed by atoms with E-state index in [1.807, 2.05) is 13.8 Å². The summed E-state index contributed by atoms with van der Waals surface area (Å²) in [5, 5.41) is 0. The normalized spacial score (nSPS) is 14.4. The second-order valence-electron chi connectivity index (χ2n) is 8.13. The lowest BCUT2D eigenvalue weighted by atomic mass is 10.1. The molecule has 0 unspecified atom stereocenters. The second-order valence-corrected chi connectivity index (χ2v) is 9.81. The SMILES string of the molecule is Cc1ccc(S(=O)(=O)Nc2cc3c(cc2N2CCCC2)n(C)c(=O)c(=O)n3C)cc1C. The molecule has 2 aromatic carbocycles. The highest BCUT2D eigenvalue weighted by molar-refractivity contribution is 7.92. The van der Waals surface area contributed by atoms with Gasteiger partial charge in [-0.2, -0.15) is 0 Å². The average molecular weight is 443 g/mol. The van der Waals surface area contributed by atoms with Crippen LogP contribution in [0.2, 0.25) is 0 Å². The maximum absolute atomic E-state index is 13.2. The van der Waals surface area contributed by atoms with Crippen molar-refractivity contribution in [2.24, 2.45) is 14.1 Å². The average Bonchev–Trinajstić information content (AvgIpc) is 3.26. The van der Waals surface area contributed by atoms with Crippen molar-refractivity contribution in [1.29, 1.82) is 0 Å². The monoisotopic (exact) mass is 442 g/mol. The Kier molecular flexibility index (Phi) is 5.17. The first-order chi connectivity index (χ1) is 14.6. The molecule has 8 nitrogen and oxygen atoms in total. The van der Waals surface area contributed by atoms with Crippen LogP contribution in [0.3, 0.4) is 0 Å². The van der Waals surface area contributed by atoms with Gasteiger partial charge in [-0.15, -0.1) is 0 Å². The molecule has 0 atom stereocenters. The molecule has 0 saturated carbocycles. The standard InChI is InChI=1S/C22H26N4O4S/c1-14-7-8-16(11-15(14)2)31(29,30)23-17-12-19-20(13-18(17)26-9-5-6-10-26)25(4)22(28)21(27)24(19)3/h7-8,11-13,23H,5-6,9-10H2,1-4H3. The molecule has 9 heteroatoms.